The number of benzene rings is 1. The molecule has 0 radical (unpaired) electrons. The monoisotopic (exact) mass is 285 g/mol. The third kappa shape index (κ3) is 4.21. The van der Waals surface area contributed by atoms with Crippen molar-refractivity contribution in [1.82, 2.24) is 4.72 Å². The summed E-state index contributed by atoms with van der Waals surface area (Å²) in [6.45, 7) is 8.63. The summed E-state index contributed by atoms with van der Waals surface area (Å²) in [7, 11) is -3.42. The Kier molecular flexibility index (Phi) is 5.82. The molecule has 5 heteroatoms. The summed E-state index contributed by atoms with van der Waals surface area (Å²) in [5, 5.41) is 0. The highest BCUT2D eigenvalue weighted by molar-refractivity contribution is 7.89. The van der Waals surface area contributed by atoms with Gasteiger partial charge in [-0.25, -0.2) is 13.1 Å². The molecule has 1 aromatic rings. The first-order valence-electron chi connectivity index (χ1n) is 6.66. The summed E-state index contributed by atoms with van der Waals surface area (Å²) in [5.74, 6) is 0.743. The summed E-state index contributed by atoms with van der Waals surface area (Å²) < 4.78 is 32.5. The fraction of sp³-hybridized carbons (Fsp3) is 0.571. The van der Waals surface area contributed by atoms with E-state index in [9.17, 15) is 8.42 Å². The topological polar surface area (TPSA) is 55.4 Å². The summed E-state index contributed by atoms with van der Waals surface area (Å²) >= 11 is 0. The zero-order chi connectivity index (χ0) is 14.5. The van der Waals surface area contributed by atoms with Crippen molar-refractivity contribution in [3.63, 3.8) is 0 Å². The van der Waals surface area contributed by atoms with Gasteiger partial charge in [0.05, 0.1) is 11.5 Å². The van der Waals surface area contributed by atoms with Gasteiger partial charge in [-0.05, 0) is 50.5 Å². The van der Waals surface area contributed by atoms with Crippen molar-refractivity contribution in [2.45, 2.75) is 45.4 Å². The average molecular weight is 285 g/mol. The highest BCUT2D eigenvalue weighted by Crippen LogP contribution is 2.25. The Morgan fingerprint density at radius 2 is 1.84 bits per heavy atom. The van der Waals surface area contributed by atoms with E-state index < -0.39 is 10.0 Å². The molecule has 0 aliphatic heterocycles. The summed E-state index contributed by atoms with van der Waals surface area (Å²) in [4.78, 5) is 0.338. The smallest absolute Gasteiger partial charge is 0.240 e. The van der Waals surface area contributed by atoms with E-state index in [0.717, 1.165) is 24.2 Å². The van der Waals surface area contributed by atoms with Crippen LogP contribution in [0.25, 0.3) is 0 Å². The quantitative estimate of drug-likeness (QED) is 0.784. The molecule has 0 fully saturated rings. The van der Waals surface area contributed by atoms with E-state index >= 15 is 0 Å². The lowest BCUT2D eigenvalue weighted by Gasteiger charge is -2.13. The Labute approximate surface area is 116 Å². The molecule has 1 N–H and O–H groups in total. The first kappa shape index (κ1) is 16.0. The normalized spacial score (nSPS) is 11.6. The van der Waals surface area contributed by atoms with E-state index in [2.05, 4.69) is 4.72 Å². The zero-order valence-electron chi connectivity index (χ0n) is 12.1. The number of hydrogen-bond acceptors (Lipinski definition) is 3. The van der Waals surface area contributed by atoms with Crippen molar-refractivity contribution in [3.05, 3.63) is 23.3 Å². The summed E-state index contributed by atoms with van der Waals surface area (Å²) in [6, 6.07) is 3.46. The van der Waals surface area contributed by atoms with Crippen molar-refractivity contribution < 1.29 is 13.2 Å². The summed E-state index contributed by atoms with van der Waals surface area (Å²) in [5.41, 5.74) is 1.54. The molecule has 1 aromatic carbocycles. The number of sulfonamides is 1. The first-order chi connectivity index (χ1) is 8.92. The molecule has 0 aliphatic rings. The molecule has 0 aromatic heterocycles. The van der Waals surface area contributed by atoms with E-state index in [1.165, 1.54) is 0 Å². The largest absolute Gasteiger partial charge is 0.494 e. The van der Waals surface area contributed by atoms with Crippen molar-refractivity contribution >= 4 is 10.0 Å². The van der Waals surface area contributed by atoms with Crippen molar-refractivity contribution in [3.8, 4) is 5.75 Å². The summed E-state index contributed by atoms with van der Waals surface area (Å²) in [6.07, 6.45) is 1.80. The maximum atomic E-state index is 12.2. The van der Waals surface area contributed by atoms with Crippen LogP contribution in [0.5, 0.6) is 5.75 Å². The molecule has 0 unspecified atom stereocenters. The number of hydrogen-bond donors (Lipinski definition) is 1. The van der Waals surface area contributed by atoms with Crippen LogP contribution in [0, 0.1) is 13.8 Å². The van der Waals surface area contributed by atoms with Crippen LogP contribution in [0.3, 0.4) is 0 Å². The Bertz CT molecular complexity index is 524. The van der Waals surface area contributed by atoms with Crippen LogP contribution in [-0.4, -0.2) is 21.6 Å². The van der Waals surface area contributed by atoms with Gasteiger partial charge in [0.25, 0.3) is 0 Å². The lowest BCUT2D eigenvalue weighted by atomic mass is 10.1. The molecule has 0 saturated heterocycles. The number of rotatable bonds is 7. The lowest BCUT2D eigenvalue weighted by molar-refractivity contribution is 0.337. The lowest BCUT2D eigenvalue weighted by Crippen LogP contribution is -2.25. The van der Waals surface area contributed by atoms with Gasteiger partial charge in [0.2, 0.25) is 10.0 Å². The molecule has 0 spiro atoms. The molecular formula is C14H23NO3S. The third-order valence-corrected chi connectivity index (χ3v) is 4.49. The van der Waals surface area contributed by atoms with E-state index in [4.69, 9.17) is 4.74 Å². The van der Waals surface area contributed by atoms with Crippen LogP contribution in [0.2, 0.25) is 0 Å². The molecular weight excluding hydrogens is 262 g/mol. The molecule has 0 aliphatic carbocycles. The molecule has 4 nitrogen and oxygen atoms in total. The molecule has 0 atom stereocenters. The van der Waals surface area contributed by atoms with Crippen molar-refractivity contribution in [2.75, 3.05) is 13.2 Å². The van der Waals surface area contributed by atoms with E-state index in [0.29, 0.717) is 23.6 Å². The van der Waals surface area contributed by atoms with Gasteiger partial charge in [-0.15, -0.1) is 0 Å². The fourth-order valence-corrected chi connectivity index (χ4v) is 3.21. The minimum absolute atomic E-state index is 0.338. The first-order valence-corrected chi connectivity index (χ1v) is 8.14. The maximum absolute atomic E-state index is 12.2. The van der Waals surface area contributed by atoms with E-state index in [1.54, 1.807) is 19.1 Å². The molecule has 1 rings (SSSR count). The van der Waals surface area contributed by atoms with Gasteiger partial charge in [0, 0.05) is 6.54 Å². The highest BCUT2D eigenvalue weighted by Gasteiger charge is 2.18. The standard InChI is InChI=1S/C14H23NO3S/c1-5-7-8-15-19(16,17)14-10-11(3)13(18-6-2)9-12(14)4/h9-10,15H,5-8H2,1-4H3. The van der Waals surface area contributed by atoms with Crippen LogP contribution < -0.4 is 9.46 Å². The number of unbranched alkanes of at least 4 members (excludes halogenated alkanes) is 1. The van der Waals surface area contributed by atoms with E-state index in [1.807, 2.05) is 20.8 Å². The van der Waals surface area contributed by atoms with Crippen LogP contribution in [0.15, 0.2) is 17.0 Å². The van der Waals surface area contributed by atoms with Crippen LogP contribution in [0.1, 0.15) is 37.8 Å². The molecule has 19 heavy (non-hydrogen) atoms. The predicted octanol–water partition coefficient (Wildman–Crippen LogP) is 2.78. The molecule has 0 heterocycles. The average Bonchev–Trinajstić information content (AvgIpc) is 2.33. The number of nitrogens with one attached hydrogen (secondary N) is 1. The Morgan fingerprint density at radius 1 is 1.16 bits per heavy atom. The van der Waals surface area contributed by atoms with Gasteiger partial charge in [-0.3, -0.25) is 0 Å². The zero-order valence-corrected chi connectivity index (χ0v) is 12.9. The second-order valence-electron chi connectivity index (χ2n) is 4.57. The third-order valence-electron chi connectivity index (χ3n) is 2.88. The minimum atomic E-state index is -3.42. The Balaban J connectivity index is 3.03. The van der Waals surface area contributed by atoms with Gasteiger partial charge in [0.1, 0.15) is 5.75 Å². The molecule has 0 amide bonds. The molecule has 0 saturated carbocycles. The van der Waals surface area contributed by atoms with Crippen molar-refractivity contribution in [1.29, 1.82) is 0 Å². The van der Waals surface area contributed by atoms with Gasteiger partial charge >= 0.3 is 0 Å². The van der Waals surface area contributed by atoms with Gasteiger partial charge in [-0.2, -0.15) is 0 Å². The van der Waals surface area contributed by atoms with Crippen LogP contribution in [-0.2, 0) is 10.0 Å². The van der Waals surface area contributed by atoms with Gasteiger partial charge in [0.15, 0.2) is 0 Å². The predicted molar refractivity (Wildman–Crippen MR) is 77.2 cm³/mol. The Morgan fingerprint density at radius 3 is 2.42 bits per heavy atom. The SMILES string of the molecule is CCCCNS(=O)(=O)c1cc(C)c(OCC)cc1C. The van der Waals surface area contributed by atoms with Gasteiger partial charge < -0.3 is 4.74 Å². The number of ether oxygens (including phenoxy) is 1. The Hall–Kier alpha value is -1.07. The van der Waals surface area contributed by atoms with Gasteiger partial charge in [-0.1, -0.05) is 13.3 Å². The maximum Gasteiger partial charge on any atom is 0.240 e. The van der Waals surface area contributed by atoms with Crippen LogP contribution >= 0.6 is 0 Å². The van der Waals surface area contributed by atoms with E-state index in [-0.39, 0.29) is 0 Å². The van der Waals surface area contributed by atoms with Crippen molar-refractivity contribution in [2.24, 2.45) is 0 Å². The molecule has 108 valence electrons. The van der Waals surface area contributed by atoms with Crippen LogP contribution in [0.4, 0.5) is 0 Å². The second-order valence-corrected chi connectivity index (χ2v) is 6.30. The number of aryl methyl sites for hydroxylation is 2. The highest BCUT2D eigenvalue weighted by atomic mass is 32.2. The molecule has 0 bridgehead atoms. The minimum Gasteiger partial charge on any atom is -0.494 e. The fourth-order valence-electron chi connectivity index (χ4n) is 1.82. The second kappa shape index (κ2) is 6.91.